The molecule has 4 heteroatoms. The van der Waals surface area contributed by atoms with Gasteiger partial charge in [0, 0.05) is 32.2 Å². The van der Waals surface area contributed by atoms with Crippen LogP contribution in [0.4, 0.5) is 0 Å². The molecule has 1 aromatic carbocycles. The van der Waals surface area contributed by atoms with Gasteiger partial charge in [0.1, 0.15) is 0 Å². The Morgan fingerprint density at radius 1 is 1.08 bits per heavy atom. The summed E-state index contributed by atoms with van der Waals surface area (Å²) in [5, 5.41) is 3.31. The molecule has 2 fully saturated rings. The van der Waals surface area contributed by atoms with Crippen LogP contribution in [0.3, 0.4) is 0 Å². The predicted molar refractivity (Wildman–Crippen MR) is 107 cm³/mol. The van der Waals surface area contributed by atoms with E-state index in [9.17, 15) is 4.79 Å². The van der Waals surface area contributed by atoms with E-state index in [-0.39, 0.29) is 11.9 Å². The molecule has 2 aliphatic rings. The van der Waals surface area contributed by atoms with Crippen molar-refractivity contribution in [1.29, 1.82) is 0 Å². The minimum absolute atomic E-state index is 0.0222. The van der Waals surface area contributed by atoms with Gasteiger partial charge in [-0.3, -0.25) is 14.6 Å². The molecule has 1 unspecified atom stereocenters. The van der Waals surface area contributed by atoms with Crippen molar-refractivity contribution < 1.29 is 4.79 Å². The Morgan fingerprint density at radius 2 is 1.81 bits per heavy atom. The Hall–Kier alpha value is -1.39. The summed E-state index contributed by atoms with van der Waals surface area (Å²) in [6.07, 6.45) is 5.91. The number of rotatable bonds is 5. The minimum atomic E-state index is -0.0222. The smallest absolute Gasteiger partial charge is 0.237 e. The molecule has 1 N–H and O–H groups in total. The third-order valence-electron chi connectivity index (χ3n) is 6.16. The first-order chi connectivity index (χ1) is 12.6. The molecular weight excluding hydrogens is 322 g/mol. The summed E-state index contributed by atoms with van der Waals surface area (Å²) in [6, 6.07) is 11.1. The molecule has 1 saturated heterocycles. The Kier molecular flexibility index (Phi) is 7.09. The molecule has 26 heavy (non-hydrogen) atoms. The number of benzene rings is 1. The number of nitrogens with one attached hydrogen (secondary N) is 1. The van der Waals surface area contributed by atoms with Crippen LogP contribution in [0.25, 0.3) is 0 Å². The molecule has 1 saturated carbocycles. The molecule has 3 rings (SSSR count). The fourth-order valence-electron chi connectivity index (χ4n) is 4.27. The van der Waals surface area contributed by atoms with E-state index in [2.05, 4.69) is 59.3 Å². The highest BCUT2D eigenvalue weighted by molar-refractivity contribution is 5.81. The van der Waals surface area contributed by atoms with E-state index in [1.807, 2.05) is 0 Å². The maximum atomic E-state index is 12.7. The zero-order valence-corrected chi connectivity index (χ0v) is 16.5. The van der Waals surface area contributed by atoms with Crippen molar-refractivity contribution in [2.75, 3.05) is 26.2 Å². The van der Waals surface area contributed by atoms with Crippen LogP contribution in [0.1, 0.15) is 51.5 Å². The molecule has 1 aliphatic carbocycles. The minimum Gasteiger partial charge on any atom is -0.352 e. The molecule has 1 amide bonds. The van der Waals surface area contributed by atoms with E-state index in [0.29, 0.717) is 6.04 Å². The van der Waals surface area contributed by atoms with Gasteiger partial charge in [-0.25, -0.2) is 0 Å². The van der Waals surface area contributed by atoms with Gasteiger partial charge in [-0.05, 0) is 57.1 Å². The first-order valence-corrected chi connectivity index (χ1v) is 10.4. The Morgan fingerprint density at radius 3 is 2.54 bits per heavy atom. The standard InChI is InChI=1S/C22H35N3O/c1-18-9-11-21(12-10-18)23-22(26)19(2)25-14-6-13-24(15-16-25)17-20-7-4-3-5-8-20/h3-5,7-8,18-19,21H,6,9-17H2,1-2H3,(H,23,26). The Labute approximate surface area is 158 Å². The van der Waals surface area contributed by atoms with E-state index < -0.39 is 0 Å². The van der Waals surface area contributed by atoms with Crippen molar-refractivity contribution in [1.82, 2.24) is 15.1 Å². The second-order valence-electron chi connectivity index (χ2n) is 8.29. The van der Waals surface area contributed by atoms with Crippen molar-refractivity contribution in [3.8, 4) is 0 Å². The predicted octanol–water partition coefficient (Wildman–Crippen LogP) is 3.28. The van der Waals surface area contributed by atoms with Gasteiger partial charge < -0.3 is 5.32 Å². The van der Waals surface area contributed by atoms with E-state index in [1.54, 1.807) is 0 Å². The van der Waals surface area contributed by atoms with Gasteiger partial charge in [-0.1, -0.05) is 37.3 Å². The van der Waals surface area contributed by atoms with Gasteiger partial charge in [-0.2, -0.15) is 0 Å². The number of amides is 1. The Balaban J connectivity index is 1.46. The van der Waals surface area contributed by atoms with Crippen molar-refractivity contribution >= 4 is 5.91 Å². The average molecular weight is 358 g/mol. The number of nitrogens with zero attached hydrogens (tertiary/aromatic N) is 2. The normalized spacial score (nSPS) is 26.8. The van der Waals surface area contributed by atoms with Crippen molar-refractivity contribution in [3.63, 3.8) is 0 Å². The van der Waals surface area contributed by atoms with Crippen LogP contribution in [0.5, 0.6) is 0 Å². The fourth-order valence-corrected chi connectivity index (χ4v) is 4.27. The third-order valence-corrected chi connectivity index (χ3v) is 6.16. The summed E-state index contributed by atoms with van der Waals surface area (Å²) in [5.74, 6) is 1.04. The molecule has 1 aliphatic heterocycles. The van der Waals surface area contributed by atoms with Crippen LogP contribution >= 0.6 is 0 Å². The molecule has 1 aromatic rings. The molecule has 0 radical (unpaired) electrons. The SMILES string of the molecule is CC1CCC(NC(=O)C(C)N2CCCN(Cc3ccccc3)CC2)CC1. The van der Waals surface area contributed by atoms with Gasteiger partial charge in [0.2, 0.25) is 5.91 Å². The van der Waals surface area contributed by atoms with Crippen LogP contribution in [-0.4, -0.2) is 54.0 Å². The fraction of sp³-hybridized carbons (Fsp3) is 0.682. The Bertz CT molecular complexity index is 554. The molecule has 1 atom stereocenters. The molecular formula is C22H35N3O. The second-order valence-corrected chi connectivity index (χ2v) is 8.29. The highest BCUT2D eigenvalue weighted by Crippen LogP contribution is 2.23. The summed E-state index contributed by atoms with van der Waals surface area (Å²) >= 11 is 0. The van der Waals surface area contributed by atoms with Crippen LogP contribution in [0, 0.1) is 5.92 Å². The highest BCUT2D eigenvalue weighted by Gasteiger charge is 2.27. The summed E-state index contributed by atoms with van der Waals surface area (Å²) in [7, 11) is 0. The van der Waals surface area contributed by atoms with Crippen LogP contribution in [0.15, 0.2) is 30.3 Å². The third kappa shape index (κ3) is 5.55. The first-order valence-electron chi connectivity index (χ1n) is 10.4. The highest BCUT2D eigenvalue weighted by atomic mass is 16.2. The summed E-state index contributed by atoms with van der Waals surface area (Å²) in [5.41, 5.74) is 1.37. The second kappa shape index (κ2) is 9.52. The van der Waals surface area contributed by atoms with E-state index in [1.165, 1.54) is 18.4 Å². The van der Waals surface area contributed by atoms with Gasteiger partial charge >= 0.3 is 0 Å². The van der Waals surface area contributed by atoms with Crippen molar-refractivity contribution in [2.45, 2.75) is 64.6 Å². The zero-order chi connectivity index (χ0) is 18.4. The van der Waals surface area contributed by atoms with Crippen LogP contribution in [0.2, 0.25) is 0 Å². The van der Waals surface area contributed by atoms with Gasteiger partial charge in [0.05, 0.1) is 6.04 Å². The first kappa shape index (κ1) is 19.4. The van der Waals surface area contributed by atoms with Gasteiger partial charge in [0.15, 0.2) is 0 Å². The lowest BCUT2D eigenvalue weighted by atomic mass is 9.87. The zero-order valence-electron chi connectivity index (χ0n) is 16.5. The molecule has 144 valence electrons. The summed E-state index contributed by atoms with van der Waals surface area (Å²) in [6.45, 7) is 9.54. The average Bonchev–Trinajstić information content (AvgIpc) is 2.89. The van der Waals surface area contributed by atoms with Crippen molar-refractivity contribution in [3.05, 3.63) is 35.9 Å². The molecule has 1 heterocycles. The molecule has 0 spiro atoms. The van der Waals surface area contributed by atoms with E-state index in [4.69, 9.17) is 0 Å². The molecule has 0 aromatic heterocycles. The molecule has 4 nitrogen and oxygen atoms in total. The summed E-state index contributed by atoms with van der Waals surface area (Å²) < 4.78 is 0. The number of carbonyl (C=O) groups is 1. The number of hydrogen-bond acceptors (Lipinski definition) is 3. The lowest BCUT2D eigenvalue weighted by molar-refractivity contribution is -0.126. The van der Waals surface area contributed by atoms with Crippen molar-refractivity contribution in [2.24, 2.45) is 5.92 Å². The number of hydrogen-bond donors (Lipinski definition) is 1. The van der Waals surface area contributed by atoms with Gasteiger partial charge in [0.25, 0.3) is 0 Å². The largest absolute Gasteiger partial charge is 0.352 e. The quantitative estimate of drug-likeness (QED) is 0.878. The van der Waals surface area contributed by atoms with Crippen LogP contribution < -0.4 is 5.32 Å². The monoisotopic (exact) mass is 357 g/mol. The topological polar surface area (TPSA) is 35.6 Å². The summed E-state index contributed by atoms with van der Waals surface area (Å²) in [4.78, 5) is 17.6. The van der Waals surface area contributed by atoms with E-state index >= 15 is 0 Å². The lowest BCUT2D eigenvalue weighted by Crippen LogP contribution is -2.49. The number of carbonyl (C=O) groups excluding carboxylic acids is 1. The maximum absolute atomic E-state index is 12.7. The maximum Gasteiger partial charge on any atom is 0.237 e. The van der Waals surface area contributed by atoms with E-state index in [0.717, 1.165) is 57.9 Å². The van der Waals surface area contributed by atoms with Crippen LogP contribution in [-0.2, 0) is 11.3 Å². The molecule has 0 bridgehead atoms. The lowest BCUT2D eigenvalue weighted by Gasteiger charge is -2.31. The van der Waals surface area contributed by atoms with Gasteiger partial charge in [-0.15, -0.1) is 0 Å².